The van der Waals surface area contributed by atoms with Crippen molar-refractivity contribution in [3.05, 3.63) is 40.6 Å². The highest BCUT2D eigenvalue weighted by atomic mass is 16.6. The first-order chi connectivity index (χ1) is 8.08. The second kappa shape index (κ2) is 3.96. The maximum Gasteiger partial charge on any atom is 0.307 e. The highest BCUT2D eigenvalue weighted by molar-refractivity contribution is 5.92. The Morgan fingerprint density at radius 1 is 1.41 bits per heavy atom. The lowest BCUT2D eigenvalue weighted by Crippen LogP contribution is -2.14. The number of nitrogens with zero attached hydrogens (tertiary/aromatic N) is 5. The van der Waals surface area contributed by atoms with E-state index in [0.29, 0.717) is 5.82 Å². The van der Waals surface area contributed by atoms with E-state index in [1.54, 1.807) is 0 Å². The van der Waals surface area contributed by atoms with Gasteiger partial charge in [-0.25, -0.2) is 14.6 Å². The van der Waals surface area contributed by atoms with Crippen LogP contribution in [0.25, 0.3) is 5.82 Å². The molecule has 0 aliphatic carbocycles. The summed E-state index contributed by atoms with van der Waals surface area (Å²) in [6.07, 6.45) is 4.96. The van der Waals surface area contributed by atoms with Crippen LogP contribution in [0.4, 0.5) is 5.69 Å². The Kier molecular flexibility index (Phi) is 2.49. The minimum atomic E-state index is -0.555. The van der Waals surface area contributed by atoms with Crippen molar-refractivity contribution in [2.45, 2.75) is 0 Å². The third-order valence-corrected chi connectivity index (χ3v) is 1.93. The Balaban J connectivity index is 2.33. The zero-order chi connectivity index (χ0) is 12.4. The number of hydrogen-bond acceptors (Lipinski definition) is 6. The fourth-order valence-corrected chi connectivity index (χ4v) is 1.11. The van der Waals surface area contributed by atoms with Crippen molar-refractivity contribution in [2.75, 3.05) is 0 Å². The number of rotatable bonds is 3. The second-order valence-corrected chi connectivity index (χ2v) is 3.07. The molecule has 0 atom stereocenters. The first kappa shape index (κ1) is 10.7. The SMILES string of the molecule is N=C(N)c1cnc(-n2cc([N+](=O)[O-])cn2)cn1. The van der Waals surface area contributed by atoms with Gasteiger partial charge in [0.2, 0.25) is 0 Å². The van der Waals surface area contributed by atoms with Crippen LogP contribution >= 0.6 is 0 Å². The van der Waals surface area contributed by atoms with Gasteiger partial charge >= 0.3 is 5.69 Å². The summed E-state index contributed by atoms with van der Waals surface area (Å²) in [6, 6.07) is 0. The molecule has 9 nitrogen and oxygen atoms in total. The highest BCUT2D eigenvalue weighted by Crippen LogP contribution is 2.11. The second-order valence-electron chi connectivity index (χ2n) is 3.07. The zero-order valence-electron chi connectivity index (χ0n) is 8.44. The van der Waals surface area contributed by atoms with Crippen LogP contribution in [0.5, 0.6) is 0 Å². The molecule has 2 heterocycles. The fraction of sp³-hybridized carbons (Fsp3) is 0. The van der Waals surface area contributed by atoms with Gasteiger partial charge in [-0.05, 0) is 0 Å². The lowest BCUT2D eigenvalue weighted by atomic mass is 10.4. The molecule has 0 amide bonds. The predicted octanol–water partition coefficient (Wildman–Crippen LogP) is -0.145. The van der Waals surface area contributed by atoms with E-state index < -0.39 is 4.92 Å². The third kappa shape index (κ3) is 2.07. The molecule has 86 valence electrons. The summed E-state index contributed by atoms with van der Waals surface area (Å²) >= 11 is 0. The normalized spacial score (nSPS) is 10.1. The molecule has 0 fully saturated rings. The van der Waals surface area contributed by atoms with Crippen molar-refractivity contribution in [1.29, 1.82) is 5.41 Å². The zero-order valence-corrected chi connectivity index (χ0v) is 8.44. The molecule has 2 rings (SSSR count). The van der Waals surface area contributed by atoms with Crippen molar-refractivity contribution < 1.29 is 4.92 Å². The van der Waals surface area contributed by atoms with Crippen LogP contribution in [0.15, 0.2) is 24.8 Å². The van der Waals surface area contributed by atoms with Crippen molar-refractivity contribution in [3.8, 4) is 5.82 Å². The summed E-state index contributed by atoms with van der Waals surface area (Å²) in [5.41, 5.74) is 5.31. The molecule has 0 bridgehead atoms. The summed E-state index contributed by atoms with van der Waals surface area (Å²) < 4.78 is 1.22. The van der Waals surface area contributed by atoms with Crippen LogP contribution in [0.1, 0.15) is 5.69 Å². The van der Waals surface area contributed by atoms with Gasteiger partial charge in [-0.1, -0.05) is 0 Å². The van der Waals surface area contributed by atoms with E-state index in [0.717, 1.165) is 6.20 Å². The van der Waals surface area contributed by atoms with Crippen molar-refractivity contribution in [2.24, 2.45) is 5.73 Å². The van der Waals surface area contributed by atoms with Gasteiger partial charge in [0, 0.05) is 0 Å². The van der Waals surface area contributed by atoms with Gasteiger partial charge in [-0.2, -0.15) is 5.10 Å². The summed E-state index contributed by atoms with van der Waals surface area (Å²) in [7, 11) is 0. The Hall–Kier alpha value is -2.84. The van der Waals surface area contributed by atoms with Gasteiger partial charge in [0.15, 0.2) is 5.82 Å². The van der Waals surface area contributed by atoms with Gasteiger partial charge < -0.3 is 5.73 Å². The average molecular weight is 233 g/mol. The Morgan fingerprint density at radius 2 is 2.18 bits per heavy atom. The van der Waals surface area contributed by atoms with Gasteiger partial charge in [0.1, 0.15) is 23.9 Å². The quantitative estimate of drug-likeness (QED) is 0.327. The predicted molar refractivity (Wildman–Crippen MR) is 56.8 cm³/mol. The smallest absolute Gasteiger partial charge is 0.307 e. The Labute approximate surface area is 94.6 Å². The Bertz CT molecular complexity index is 574. The van der Waals surface area contributed by atoms with E-state index in [4.69, 9.17) is 11.1 Å². The third-order valence-electron chi connectivity index (χ3n) is 1.93. The number of aromatic nitrogens is 4. The van der Waals surface area contributed by atoms with E-state index in [1.807, 2.05) is 0 Å². The first-order valence-electron chi connectivity index (χ1n) is 4.44. The molecular formula is C8H7N7O2. The minimum Gasteiger partial charge on any atom is -0.382 e. The van der Waals surface area contributed by atoms with Crippen LogP contribution in [0.2, 0.25) is 0 Å². The molecule has 0 aliphatic rings. The maximum absolute atomic E-state index is 10.5. The van der Waals surface area contributed by atoms with Crippen LogP contribution in [0.3, 0.4) is 0 Å². The van der Waals surface area contributed by atoms with E-state index in [1.165, 1.54) is 23.3 Å². The molecule has 0 saturated heterocycles. The summed E-state index contributed by atoms with van der Waals surface area (Å²) in [6.45, 7) is 0. The van der Waals surface area contributed by atoms with Gasteiger partial charge in [-0.3, -0.25) is 15.5 Å². The number of hydrogen-bond donors (Lipinski definition) is 2. The van der Waals surface area contributed by atoms with Crippen molar-refractivity contribution in [3.63, 3.8) is 0 Å². The molecule has 0 saturated carbocycles. The van der Waals surface area contributed by atoms with Crippen molar-refractivity contribution >= 4 is 11.5 Å². The number of nitrogen functional groups attached to an aromatic ring is 1. The first-order valence-corrected chi connectivity index (χ1v) is 4.44. The fourth-order valence-electron chi connectivity index (χ4n) is 1.11. The average Bonchev–Trinajstić information content (AvgIpc) is 2.78. The molecule has 17 heavy (non-hydrogen) atoms. The molecular weight excluding hydrogens is 226 g/mol. The molecule has 0 aromatic carbocycles. The largest absolute Gasteiger partial charge is 0.382 e. The van der Waals surface area contributed by atoms with E-state index in [9.17, 15) is 10.1 Å². The summed E-state index contributed by atoms with van der Waals surface area (Å²) in [4.78, 5) is 17.7. The standard InChI is InChI=1S/C8H7N7O2/c9-8(10)6-2-12-7(3-11-6)14-4-5(1-13-14)15(16)17/h1-4H,(H3,9,10). The van der Waals surface area contributed by atoms with E-state index in [-0.39, 0.29) is 17.2 Å². The van der Waals surface area contributed by atoms with Gasteiger partial charge in [0.05, 0.1) is 17.3 Å². The number of nitrogens with one attached hydrogen (secondary N) is 1. The number of nitro groups is 1. The Morgan fingerprint density at radius 3 is 2.65 bits per heavy atom. The molecule has 0 aliphatic heterocycles. The minimum absolute atomic E-state index is 0.137. The van der Waals surface area contributed by atoms with Crippen molar-refractivity contribution in [1.82, 2.24) is 19.7 Å². The lowest BCUT2D eigenvalue weighted by Gasteiger charge is -2.00. The molecule has 2 aromatic rings. The number of amidine groups is 1. The van der Waals surface area contributed by atoms with E-state index in [2.05, 4.69) is 15.1 Å². The molecule has 2 aromatic heterocycles. The molecule has 0 spiro atoms. The molecule has 0 unspecified atom stereocenters. The topological polar surface area (TPSA) is 137 Å². The van der Waals surface area contributed by atoms with Crippen LogP contribution in [-0.2, 0) is 0 Å². The maximum atomic E-state index is 10.5. The molecule has 9 heteroatoms. The highest BCUT2D eigenvalue weighted by Gasteiger charge is 2.10. The molecule has 3 N–H and O–H groups in total. The lowest BCUT2D eigenvalue weighted by molar-refractivity contribution is -0.384. The molecule has 0 radical (unpaired) electrons. The van der Waals surface area contributed by atoms with Crippen LogP contribution in [0, 0.1) is 15.5 Å². The van der Waals surface area contributed by atoms with Crippen LogP contribution < -0.4 is 5.73 Å². The monoisotopic (exact) mass is 233 g/mol. The van der Waals surface area contributed by atoms with Crippen LogP contribution in [-0.4, -0.2) is 30.5 Å². The number of nitrogens with two attached hydrogens (primary N) is 1. The van der Waals surface area contributed by atoms with Gasteiger partial charge in [0.25, 0.3) is 0 Å². The summed E-state index contributed by atoms with van der Waals surface area (Å²) in [5, 5.41) is 21.4. The van der Waals surface area contributed by atoms with Gasteiger partial charge in [-0.15, -0.1) is 0 Å². The summed E-state index contributed by atoms with van der Waals surface area (Å²) in [5.74, 6) is 0.110. The van der Waals surface area contributed by atoms with E-state index >= 15 is 0 Å².